The minimum absolute atomic E-state index is 0.0452. The van der Waals surface area contributed by atoms with Crippen LogP contribution in [0.2, 0.25) is 0 Å². The summed E-state index contributed by atoms with van der Waals surface area (Å²) in [5.74, 6) is 1.91. The molecule has 0 atom stereocenters. The average molecular weight is 402 g/mol. The van der Waals surface area contributed by atoms with Gasteiger partial charge in [0.05, 0.1) is 13.2 Å². The van der Waals surface area contributed by atoms with Crippen molar-refractivity contribution >= 4 is 22.8 Å². The Kier molecular flexibility index (Phi) is 7.89. The molecule has 2 aromatic rings. The van der Waals surface area contributed by atoms with Crippen LogP contribution in [-0.4, -0.2) is 88.2 Å². The minimum Gasteiger partial charge on any atom is -0.461 e. The average Bonchev–Trinajstić information content (AvgIpc) is 3.15. The molecular weight excluding hydrogens is 370 g/mol. The van der Waals surface area contributed by atoms with Crippen molar-refractivity contribution in [2.45, 2.75) is 6.42 Å². The molecule has 0 spiro atoms. The number of nitrogens with one attached hydrogen (secondary N) is 2. The van der Waals surface area contributed by atoms with Gasteiger partial charge in [0.1, 0.15) is 11.3 Å². The van der Waals surface area contributed by atoms with E-state index < -0.39 is 0 Å². The van der Waals surface area contributed by atoms with Gasteiger partial charge in [-0.2, -0.15) is 0 Å². The van der Waals surface area contributed by atoms with Gasteiger partial charge >= 0.3 is 0 Å². The number of amides is 1. The lowest BCUT2D eigenvalue weighted by atomic mass is 10.2. The smallest absolute Gasteiger partial charge is 0.234 e. The van der Waals surface area contributed by atoms with Crippen LogP contribution in [0.5, 0.6) is 0 Å². The second kappa shape index (κ2) is 10.8. The summed E-state index contributed by atoms with van der Waals surface area (Å²) in [5, 5.41) is 7.42. The molecule has 2 heterocycles. The lowest BCUT2D eigenvalue weighted by Crippen LogP contribution is -2.54. The number of furan rings is 1. The number of hydrogen-bond acceptors (Lipinski definition) is 5. The van der Waals surface area contributed by atoms with Crippen LogP contribution in [0.3, 0.4) is 0 Å². The monoisotopic (exact) mass is 401 g/mol. The molecule has 0 aliphatic carbocycles. The van der Waals surface area contributed by atoms with Gasteiger partial charge in [0.2, 0.25) is 5.91 Å². The SMILES string of the molecule is CN=C(NCCc1cc2ccccc2o1)N1CCN(CC(=O)NCCOC)CC1. The molecule has 3 rings (SSSR count). The standard InChI is InChI=1S/C21H31N5O3/c1-22-21(24-8-7-18-15-17-5-3-4-6-19(17)29-18)26-12-10-25(11-13-26)16-20(27)23-9-14-28-2/h3-6,15H,7-14,16H2,1-2H3,(H,22,24)(H,23,27). The summed E-state index contributed by atoms with van der Waals surface area (Å²) < 4.78 is 10.8. The molecule has 29 heavy (non-hydrogen) atoms. The Morgan fingerprint density at radius 1 is 1.17 bits per heavy atom. The van der Waals surface area contributed by atoms with Crippen LogP contribution in [0, 0.1) is 0 Å². The van der Waals surface area contributed by atoms with Crippen molar-refractivity contribution in [1.29, 1.82) is 0 Å². The summed E-state index contributed by atoms with van der Waals surface area (Å²) in [7, 11) is 3.43. The topological polar surface area (TPSA) is 82.3 Å². The maximum Gasteiger partial charge on any atom is 0.234 e. The van der Waals surface area contributed by atoms with Crippen LogP contribution in [-0.2, 0) is 16.0 Å². The summed E-state index contributed by atoms with van der Waals surface area (Å²) >= 11 is 0. The molecule has 158 valence electrons. The van der Waals surface area contributed by atoms with Crippen LogP contribution in [0.15, 0.2) is 39.7 Å². The van der Waals surface area contributed by atoms with Crippen molar-refractivity contribution in [3.63, 3.8) is 0 Å². The Labute approximate surface area is 171 Å². The van der Waals surface area contributed by atoms with E-state index in [2.05, 4.69) is 37.6 Å². The molecule has 1 aromatic heterocycles. The van der Waals surface area contributed by atoms with Crippen molar-refractivity contribution in [1.82, 2.24) is 20.4 Å². The van der Waals surface area contributed by atoms with Gasteiger partial charge in [-0.15, -0.1) is 0 Å². The fraction of sp³-hybridized carbons (Fsp3) is 0.524. The Morgan fingerprint density at radius 3 is 2.69 bits per heavy atom. The first-order valence-electron chi connectivity index (χ1n) is 10.1. The molecule has 1 aliphatic heterocycles. The van der Waals surface area contributed by atoms with Gasteiger partial charge in [-0.25, -0.2) is 0 Å². The molecule has 1 aliphatic rings. The predicted octanol–water partition coefficient (Wildman–Crippen LogP) is 0.931. The first-order chi connectivity index (χ1) is 14.2. The highest BCUT2D eigenvalue weighted by atomic mass is 16.5. The van der Waals surface area contributed by atoms with E-state index in [0.717, 1.165) is 61.8 Å². The van der Waals surface area contributed by atoms with Gasteiger partial charge in [0, 0.05) is 65.2 Å². The second-order valence-corrected chi connectivity index (χ2v) is 7.08. The second-order valence-electron chi connectivity index (χ2n) is 7.08. The zero-order chi connectivity index (χ0) is 20.5. The quantitative estimate of drug-likeness (QED) is 0.389. The Bertz CT molecular complexity index is 779. The summed E-state index contributed by atoms with van der Waals surface area (Å²) in [5.41, 5.74) is 0.925. The normalized spacial score (nSPS) is 15.7. The molecule has 1 aromatic carbocycles. The predicted molar refractivity (Wildman–Crippen MR) is 114 cm³/mol. The zero-order valence-electron chi connectivity index (χ0n) is 17.3. The molecule has 0 bridgehead atoms. The summed E-state index contributed by atoms with van der Waals surface area (Å²) in [4.78, 5) is 20.7. The number of ether oxygens (including phenoxy) is 1. The van der Waals surface area contributed by atoms with Gasteiger partial charge < -0.3 is 24.7 Å². The van der Waals surface area contributed by atoms with E-state index in [0.29, 0.717) is 19.7 Å². The van der Waals surface area contributed by atoms with E-state index >= 15 is 0 Å². The maximum absolute atomic E-state index is 11.9. The van der Waals surface area contributed by atoms with Crippen LogP contribution in [0.1, 0.15) is 5.76 Å². The van der Waals surface area contributed by atoms with Crippen molar-refractivity contribution in [3.05, 3.63) is 36.1 Å². The van der Waals surface area contributed by atoms with E-state index in [1.807, 2.05) is 18.2 Å². The summed E-state index contributed by atoms with van der Waals surface area (Å²) in [6.45, 7) is 5.63. The number of hydrogen-bond donors (Lipinski definition) is 2. The number of aliphatic imine (C=N–C) groups is 1. The molecule has 1 fully saturated rings. The third-order valence-electron chi connectivity index (χ3n) is 5.01. The number of carbonyl (C=O) groups excluding carboxylic acids is 1. The lowest BCUT2D eigenvalue weighted by Gasteiger charge is -2.36. The van der Waals surface area contributed by atoms with Crippen molar-refractivity contribution in [3.8, 4) is 0 Å². The largest absolute Gasteiger partial charge is 0.461 e. The van der Waals surface area contributed by atoms with Gasteiger partial charge in [-0.1, -0.05) is 18.2 Å². The molecule has 1 saturated heterocycles. The highest BCUT2D eigenvalue weighted by molar-refractivity contribution is 5.80. The molecular formula is C21H31N5O3. The van der Waals surface area contributed by atoms with Gasteiger partial charge in [-0.3, -0.25) is 14.7 Å². The Balaban J connectivity index is 1.39. The molecule has 0 saturated carbocycles. The number of piperazine rings is 1. The van der Waals surface area contributed by atoms with E-state index in [9.17, 15) is 4.79 Å². The number of benzene rings is 1. The highest BCUT2D eigenvalue weighted by Gasteiger charge is 2.21. The summed E-state index contributed by atoms with van der Waals surface area (Å²) in [6.07, 6.45) is 0.801. The maximum atomic E-state index is 11.9. The third-order valence-corrected chi connectivity index (χ3v) is 5.01. The van der Waals surface area contributed by atoms with Crippen molar-refractivity contribution < 1.29 is 13.9 Å². The Hall–Kier alpha value is -2.58. The van der Waals surface area contributed by atoms with Crippen LogP contribution >= 0.6 is 0 Å². The molecule has 2 N–H and O–H groups in total. The number of guanidine groups is 1. The molecule has 8 heteroatoms. The van der Waals surface area contributed by atoms with Crippen LogP contribution in [0.4, 0.5) is 0 Å². The van der Waals surface area contributed by atoms with Crippen molar-refractivity contribution in [2.24, 2.45) is 4.99 Å². The van der Waals surface area contributed by atoms with E-state index in [1.54, 1.807) is 14.2 Å². The minimum atomic E-state index is 0.0452. The number of fused-ring (bicyclic) bond motifs is 1. The summed E-state index contributed by atoms with van der Waals surface area (Å²) in [6, 6.07) is 10.1. The van der Waals surface area contributed by atoms with E-state index in [-0.39, 0.29) is 5.91 Å². The number of carbonyl (C=O) groups is 1. The molecule has 8 nitrogen and oxygen atoms in total. The van der Waals surface area contributed by atoms with Gasteiger partial charge in [0.25, 0.3) is 0 Å². The first kappa shape index (κ1) is 21.1. The van der Waals surface area contributed by atoms with Gasteiger partial charge in [0.15, 0.2) is 5.96 Å². The Morgan fingerprint density at radius 2 is 1.97 bits per heavy atom. The number of rotatable bonds is 8. The third kappa shape index (κ3) is 6.20. The van der Waals surface area contributed by atoms with Gasteiger partial charge in [-0.05, 0) is 12.1 Å². The molecule has 1 amide bonds. The fourth-order valence-corrected chi connectivity index (χ4v) is 3.46. The number of nitrogens with zero attached hydrogens (tertiary/aromatic N) is 3. The number of methoxy groups -OCH3 is 1. The van der Waals surface area contributed by atoms with Crippen LogP contribution < -0.4 is 10.6 Å². The lowest BCUT2D eigenvalue weighted by molar-refractivity contribution is -0.122. The first-order valence-corrected chi connectivity index (χ1v) is 10.1. The van der Waals surface area contributed by atoms with Crippen LogP contribution in [0.25, 0.3) is 11.0 Å². The zero-order valence-corrected chi connectivity index (χ0v) is 17.3. The highest BCUT2D eigenvalue weighted by Crippen LogP contribution is 2.18. The molecule has 0 unspecified atom stereocenters. The molecule has 0 radical (unpaired) electrons. The number of para-hydroxylation sites is 1. The fourth-order valence-electron chi connectivity index (χ4n) is 3.46. The van der Waals surface area contributed by atoms with E-state index in [1.165, 1.54) is 0 Å². The van der Waals surface area contributed by atoms with E-state index in [4.69, 9.17) is 9.15 Å². The van der Waals surface area contributed by atoms with Crippen molar-refractivity contribution in [2.75, 3.05) is 66.6 Å².